The molecule has 4 heteroatoms. The molecule has 0 radical (unpaired) electrons. The van der Waals surface area contributed by atoms with Crippen molar-refractivity contribution in [2.75, 3.05) is 0 Å². The Balaban J connectivity index is 1.20. The number of unbranched alkanes of at least 4 members (excludes halogenated alkanes) is 6. The van der Waals surface area contributed by atoms with Crippen molar-refractivity contribution in [3.63, 3.8) is 0 Å². The molecule has 0 saturated heterocycles. The van der Waals surface area contributed by atoms with Crippen LogP contribution in [0.5, 0.6) is 0 Å². The number of carboxylic acid groups (broad SMARTS) is 1. The predicted octanol–water partition coefficient (Wildman–Crippen LogP) is 6.65. The minimum Gasteiger partial charge on any atom is -0.480 e. The standard InChI is InChI=1S/C32H31NO3/c1-23(32(35)36)33-29(34)16-11-9-7-5-3-2-4-6-8-10-13-24-17-18-27-20-19-25-14-12-15-26-21-22-28(24)31(27)30(25)26/h12,14-15,17-23H,2-5,7,9,11,16H2,1H3,(H,33,34)(H,35,36)/t23-/m0/s1. The van der Waals surface area contributed by atoms with E-state index in [0.717, 1.165) is 50.5 Å². The molecule has 1 amide bonds. The highest BCUT2D eigenvalue weighted by molar-refractivity contribution is 6.23. The molecule has 4 aromatic rings. The van der Waals surface area contributed by atoms with Crippen LogP contribution >= 0.6 is 0 Å². The summed E-state index contributed by atoms with van der Waals surface area (Å²) in [5.41, 5.74) is 1.01. The monoisotopic (exact) mass is 477 g/mol. The van der Waals surface area contributed by atoms with Crippen LogP contribution < -0.4 is 5.32 Å². The number of aliphatic carboxylic acids is 1. The largest absolute Gasteiger partial charge is 0.480 e. The van der Waals surface area contributed by atoms with Gasteiger partial charge < -0.3 is 10.4 Å². The van der Waals surface area contributed by atoms with Gasteiger partial charge in [-0.15, -0.1) is 0 Å². The summed E-state index contributed by atoms with van der Waals surface area (Å²) in [6.07, 6.45) is 7.33. The summed E-state index contributed by atoms with van der Waals surface area (Å²) in [5, 5.41) is 18.8. The summed E-state index contributed by atoms with van der Waals surface area (Å²) in [6, 6.07) is 18.5. The van der Waals surface area contributed by atoms with E-state index in [-0.39, 0.29) is 5.91 Å². The molecular weight excluding hydrogens is 446 g/mol. The summed E-state index contributed by atoms with van der Waals surface area (Å²) in [4.78, 5) is 22.4. The first kappa shape index (κ1) is 25.1. The Kier molecular flexibility index (Phi) is 8.43. The SMILES string of the molecule is C[C@H](NC(=O)CCCCCCCCC#CC#Cc1ccc2ccc3cccc4ccc1c2c34)C(=O)O. The highest BCUT2D eigenvalue weighted by Crippen LogP contribution is 2.35. The van der Waals surface area contributed by atoms with E-state index in [4.69, 9.17) is 5.11 Å². The van der Waals surface area contributed by atoms with Gasteiger partial charge in [0.05, 0.1) is 0 Å². The molecule has 182 valence electrons. The molecular formula is C32H31NO3. The number of benzene rings is 4. The lowest BCUT2D eigenvalue weighted by atomic mass is 9.92. The molecule has 1 atom stereocenters. The molecule has 0 heterocycles. The lowest BCUT2D eigenvalue weighted by molar-refractivity contribution is -0.141. The smallest absolute Gasteiger partial charge is 0.325 e. The van der Waals surface area contributed by atoms with E-state index < -0.39 is 12.0 Å². The number of amides is 1. The topological polar surface area (TPSA) is 66.4 Å². The van der Waals surface area contributed by atoms with Gasteiger partial charge in [0.2, 0.25) is 5.91 Å². The minimum absolute atomic E-state index is 0.191. The first-order valence-corrected chi connectivity index (χ1v) is 12.7. The predicted molar refractivity (Wildman–Crippen MR) is 147 cm³/mol. The molecule has 0 aromatic heterocycles. The Morgan fingerprint density at radius 2 is 1.44 bits per heavy atom. The Morgan fingerprint density at radius 1 is 0.806 bits per heavy atom. The first-order chi connectivity index (χ1) is 17.5. The van der Waals surface area contributed by atoms with E-state index in [2.05, 4.69) is 83.6 Å². The quantitative estimate of drug-likeness (QED) is 0.153. The fourth-order valence-corrected chi connectivity index (χ4v) is 4.63. The number of hydrogen-bond acceptors (Lipinski definition) is 2. The third-order valence-corrected chi connectivity index (χ3v) is 6.58. The van der Waals surface area contributed by atoms with Gasteiger partial charge in [0.15, 0.2) is 0 Å². The Bertz CT molecular complexity index is 1480. The molecule has 0 spiro atoms. The lowest BCUT2D eigenvalue weighted by Gasteiger charge is -2.11. The summed E-state index contributed by atoms with van der Waals surface area (Å²) in [7, 11) is 0. The van der Waals surface area contributed by atoms with Gasteiger partial charge in [0, 0.05) is 18.4 Å². The molecule has 0 unspecified atom stereocenters. The second-order valence-corrected chi connectivity index (χ2v) is 9.27. The van der Waals surface area contributed by atoms with Gasteiger partial charge in [-0.1, -0.05) is 86.1 Å². The van der Waals surface area contributed by atoms with Crippen molar-refractivity contribution < 1.29 is 14.7 Å². The second kappa shape index (κ2) is 12.1. The average molecular weight is 478 g/mol. The maximum absolute atomic E-state index is 11.7. The maximum atomic E-state index is 11.7. The summed E-state index contributed by atoms with van der Waals surface area (Å²) >= 11 is 0. The fourth-order valence-electron chi connectivity index (χ4n) is 4.63. The van der Waals surface area contributed by atoms with Crippen molar-refractivity contribution in [2.45, 2.75) is 64.3 Å². The van der Waals surface area contributed by atoms with Crippen LogP contribution in [-0.4, -0.2) is 23.0 Å². The number of carbonyl (C=O) groups is 2. The molecule has 0 fully saturated rings. The fraction of sp³-hybridized carbons (Fsp3) is 0.312. The molecule has 4 aromatic carbocycles. The number of hydrogen-bond donors (Lipinski definition) is 2. The van der Waals surface area contributed by atoms with Crippen LogP contribution in [0.2, 0.25) is 0 Å². The van der Waals surface area contributed by atoms with E-state index in [1.807, 2.05) is 0 Å². The van der Waals surface area contributed by atoms with E-state index in [1.54, 1.807) is 0 Å². The second-order valence-electron chi connectivity index (χ2n) is 9.27. The van der Waals surface area contributed by atoms with Crippen molar-refractivity contribution in [3.8, 4) is 23.7 Å². The van der Waals surface area contributed by atoms with Gasteiger partial charge >= 0.3 is 5.97 Å². The van der Waals surface area contributed by atoms with Crippen molar-refractivity contribution in [1.29, 1.82) is 0 Å². The van der Waals surface area contributed by atoms with E-state index in [0.29, 0.717) is 6.42 Å². The average Bonchev–Trinajstić information content (AvgIpc) is 2.88. The molecule has 0 bridgehead atoms. The molecule has 36 heavy (non-hydrogen) atoms. The van der Waals surface area contributed by atoms with Crippen molar-refractivity contribution >= 4 is 44.2 Å². The Labute approximate surface area is 212 Å². The van der Waals surface area contributed by atoms with Crippen molar-refractivity contribution in [1.82, 2.24) is 5.32 Å². The molecule has 0 aliphatic heterocycles. The lowest BCUT2D eigenvalue weighted by Crippen LogP contribution is -2.38. The van der Waals surface area contributed by atoms with Crippen molar-refractivity contribution in [2.24, 2.45) is 0 Å². The number of nitrogens with one attached hydrogen (secondary N) is 1. The summed E-state index contributed by atoms with van der Waals surface area (Å²) in [6.45, 7) is 1.47. The third-order valence-electron chi connectivity index (χ3n) is 6.58. The van der Waals surface area contributed by atoms with Gasteiger partial charge in [-0.2, -0.15) is 0 Å². The molecule has 4 nitrogen and oxygen atoms in total. The molecule has 0 aliphatic rings. The summed E-state index contributed by atoms with van der Waals surface area (Å²) in [5.74, 6) is 11.3. The van der Waals surface area contributed by atoms with Crippen LogP contribution in [0, 0.1) is 23.7 Å². The van der Waals surface area contributed by atoms with Gasteiger partial charge in [-0.05, 0) is 70.0 Å². The first-order valence-electron chi connectivity index (χ1n) is 12.7. The van der Waals surface area contributed by atoms with Crippen LogP contribution in [-0.2, 0) is 9.59 Å². The zero-order chi connectivity index (χ0) is 25.3. The summed E-state index contributed by atoms with van der Waals surface area (Å²) < 4.78 is 0. The molecule has 0 aliphatic carbocycles. The highest BCUT2D eigenvalue weighted by atomic mass is 16.4. The van der Waals surface area contributed by atoms with Gasteiger partial charge in [0.25, 0.3) is 0 Å². The van der Waals surface area contributed by atoms with Crippen molar-refractivity contribution in [3.05, 3.63) is 60.2 Å². The minimum atomic E-state index is -1.01. The zero-order valence-corrected chi connectivity index (χ0v) is 20.7. The van der Waals surface area contributed by atoms with Crippen LogP contribution in [0.4, 0.5) is 0 Å². The normalized spacial score (nSPS) is 11.6. The number of rotatable bonds is 10. The maximum Gasteiger partial charge on any atom is 0.325 e. The number of carbonyl (C=O) groups excluding carboxylic acids is 1. The van der Waals surface area contributed by atoms with E-state index in [9.17, 15) is 9.59 Å². The molecule has 4 rings (SSSR count). The van der Waals surface area contributed by atoms with Crippen LogP contribution in [0.3, 0.4) is 0 Å². The Hall–Kier alpha value is -4.02. The third kappa shape index (κ3) is 6.15. The Morgan fingerprint density at radius 3 is 2.19 bits per heavy atom. The highest BCUT2D eigenvalue weighted by Gasteiger charge is 2.13. The van der Waals surface area contributed by atoms with Gasteiger partial charge in [-0.25, -0.2) is 0 Å². The van der Waals surface area contributed by atoms with Crippen LogP contribution in [0.25, 0.3) is 32.3 Å². The van der Waals surface area contributed by atoms with Crippen LogP contribution in [0.15, 0.2) is 54.6 Å². The van der Waals surface area contributed by atoms with E-state index >= 15 is 0 Å². The zero-order valence-electron chi connectivity index (χ0n) is 20.7. The van der Waals surface area contributed by atoms with Gasteiger partial charge in [-0.3, -0.25) is 9.59 Å². The molecule has 2 N–H and O–H groups in total. The van der Waals surface area contributed by atoms with Gasteiger partial charge in [0.1, 0.15) is 6.04 Å². The van der Waals surface area contributed by atoms with E-state index in [1.165, 1.54) is 39.2 Å². The molecule has 0 saturated carbocycles. The van der Waals surface area contributed by atoms with Crippen LogP contribution in [0.1, 0.15) is 63.9 Å². The number of carboxylic acids is 1.